The molecule has 1 heterocycles. The average Bonchev–Trinajstić information content (AvgIpc) is 2.60. The van der Waals surface area contributed by atoms with Crippen LogP contribution in [0.2, 0.25) is 0 Å². The summed E-state index contributed by atoms with van der Waals surface area (Å²) in [6.45, 7) is 0. The van der Waals surface area contributed by atoms with Crippen molar-refractivity contribution in [1.29, 1.82) is 0 Å². The fourth-order valence-corrected chi connectivity index (χ4v) is 1.45. The minimum Gasteiger partial charge on any atom is -0.368 e. The van der Waals surface area contributed by atoms with Gasteiger partial charge in [-0.05, 0) is 19.3 Å². The number of imidazole rings is 1. The molecule has 0 bridgehead atoms. The number of rotatable bonds is 3. The fraction of sp³-hybridized carbons (Fsp3) is 0.625. The van der Waals surface area contributed by atoms with Crippen molar-refractivity contribution in [3.8, 4) is 0 Å². The van der Waals surface area contributed by atoms with Gasteiger partial charge in [-0.1, -0.05) is 0 Å². The van der Waals surface area contributed by atoms with Gasteiger partial charge in [-0.25, -0.2) is 4.98 Å². The van der Waals surface area contributed by atoms with Crippen LogP contribution in [-0.4, -0.2) is 26.5 Å². The van der Waals surface area contributed by atoms with Gasteiger partial charge in [0.2, 0.25) is 0 Å². The van der Waals surface area contributed by atoms with Crippen molar-refractivity contribution >= 4 is 0 Å². The summed E-state index contributed by atoms with van der Waals surface area (Å²) in [4.78, 5) is 6.83. The Morgan fingerprint density at radius 2 is 2.33 bits per heavy atom. The van der Waals surface area contributed by atoms with E-state index >= 15 is 0 Å². The Morgan fingerprint density at radius 3 is 2.75 bits per heavy atom. The molecule has 12 heavy (non-hydrogen) atoms. The highest BCUT2D eigenvalue weighted by molar-refractivity contribution is 5.06. The summed E-state index contributed by atoms with van der Waals surface area (Å²) in [5, 5.41) is 18.1. The number of aliphatic hydroxyl groups is 2. The first-order valence-electron chi connectivity index (χ1n) is 4.06. The predicted octanol–water partition coefficient (Wildman–Crippen LogP) is 0.0431. The molecule has 1 saturated carbocycles. The standard InChI is InChI=1S/C8H12N2O2/c11-7(12)8(1-2-8)3-6-4-9-5-10-6/h4-5,7,11-12H,1-3H2,(H,9,10). The first-order chi connectivity index (χ1) is 5.73. The number of aliphatic hydroxyl groups excluding tert-OH is 1. The van der Waals surface area contributed by atoms with E-state index in [-0.39, 0.29) is 5.41 Å². The molecule has 1 aliphatic rings. The number of hydrogen-bond donors (Lipinski definition) is 3. The summed E-state index contributed by atoms with van der Waals surface area (Å²) in [6.07, 6.45) is 4.61. The van der Waals surface area contributed by atoms with Crippen molar-refractivity contribution in [2.75, 3.05) is 0 Å². The highest BCUT2D eigenvalue weighted by atomic mass is 16.5. The summed E-state index contributed by atoms with van der Waals surface area (Å²) >= 11 is 0. The molecule has 0 aromatic carbocycles. The third kappa shape index (κ3) is 1.23. The number of aromatic nitrogens is 2. The minimum atomic E-state index is -1.19. The molecule has 0 unspecified atom stereocenters. The lowest BCUT2D eigenvalue weighted by Gasteiger charge is -2.15. The normalized spacial score (nSPS) is 19.9. The lowest BCUT2D eigenvalue weighted by molar-refractivity contribution is -0.0951. The number of H-pyrrole nitrogens is 1. The molecule has 3 N–H and O–H groups in total. The van der Waals surface area contributed by atoms with Crippen molar-refractivity contribution in [3.05, 3.63) is 18.2 Å². The zero-order valence-corrected chi connectivity index (χ0v) is 6.70. The first kappa shape index (κ1) is 7.76. The quantitative estimate of drug-likeness (QED) is 0.558. The zero-order valence-electron chi connectivity index (χ0n) is 6.70. The summed E-state index contributed by atoms with van der Waals surface area (Å²) in [6, 6.07) is 0. The van der Waals surface area contributed by atoms with Crippen LogP contribution in [0.1, 0.15) is 18.5 Å². The van der Waals surface area contributed by atoms with Crippen LogP contribution in [0.25, 0.3) is 0 Å². The van der Waals surface area contributed by atoms with Crippen LogP contribution in [0.4, 0.5) is 0 Å². The van der Waals surface area contributed by atoms with E-state index < -0.39 is 6.29 Å². The van der Waals surface area contributed by atoms with Crippen LogP contribution in [0.5, 0.6) is 0 Å². The third-order valence-corrected chi connectivity index (χ3v) is 2.54. The number of hydrogen-bond acceptors (Lipinski definition) is 3. The van der Waals surface area contributed by atoms with E-state index in [1.54, 1.807) is 12.5 Å². The molecule has 1 aliphatic carbocycles. The topological polar surface area (TPSA) is 69.1 Å². The van der Waals surface area contributed by atoms with Gasteiger partial charge in [-0.15, -0.1) is 0 Å². The van der Waals surface area contributed by atoms with Crippen molar-refractivity contribution in [2.24, 2.45) is 5.41 Å². The van der Waals surface area contributed by atoms with Crippen molar-refractivity contribution in [2.45, 2.75) is 25.6 Å². The third-order valence-electron chi connectivity index (χ3n) is 2.54. The lowest BCUT2D eigenvalue weighted by Crippen LogP contribution is -2.23. The summed E-state index contributed by atoms with van der Waals surface area (Å²) < 4.78 is 0. The molecule has 2 rings (SSSR count). The Bertz CT molecular complexity index is 252. The Labute approximate surface area is 70.3 Å². The van der Waals surface area contributed by atoms with E-state index in [4.69, 9.17) is 10.2 Å². The van der Waals surface area contributed by atoms with Crippen LogP contribution < -0.4 is 0 Å². The van der Waals surface area contributed by atoms with Crippen molar-refractivity contribution in [1.82, 2.24) is 9.97 Å². The summed E-state index contributed by atoms with van der Waals surface area (Å²) in [7, 11) is 0. The van der Waals surface area contributed by atoms with Gasteiger partial charge in [0.15, 0.2) is 6.29 Å². The zero-order chi connectivity index (χ0) is 8.60. The maximum atomic E-state index is 9.06. The SMILES string of the molecule is OC(O)C1(Cc2cnc[nH]2)CC1. The van der Waals surface area contributed by atoms with Gasteiger partial charge >= 0.3 is 0 Å². The number of aromatic amines is 1. The molecule has 1 aromatic rings. The maximum Gasteiger partial charge on any atom is 0.157 e. The van der Waals surface area contributed by atoms with E-state index in [9.17, 15) is 0 Å². The van der Waals surface area contributed by atoms with E-state index in [2.05, 4.69) is 9.97 Å². The molecule has 1 fully saturated rings. The van der Waals surface area contributed by atoms with E-state index in [1.807, 2.05) is 0 Å². The summed E-state index contributed by atoms with van der Waals surface area (Å²) in [5.74, 6) is 0. The Kier molecular flexibility index (Phi) is 1.66. The highest BCUT2D eigenvalue weighted by Gasteiger charge is 2.48. The van der Waals surface area contributed by atoms with Gasteiger partial charge in [0.05, 0.1) is 6.33 Å². The van der Waals surface area contributed by atoms with Crippen molar-refractivity contribution < 1.29 is 10.2 Å². The average molecular weight is 168 g/mol. The smallest absolute Gasteiger partial charge is 0.157 e. The highest BCUT2D eigenvalue weighted by Crippen LogP contribution is 2.50. The molecular formula is C8H12N2O2. The number of nitrogens with one attached hydrogen (secondary N) is 1. The monoisotopic (exact) mass is 168 g/mol. The van der Waals surface area contributed by atoms with Crippen molar-refractivity contribution in [3.63, 3.8) is 0 Å². The molecule has 0 atom stereocenters. The molecule has 4 nitrogen and oxygen atoms in total. The predicted molar refractivity (Wildman–Crippen MR) is 42.2 cm³/mol. The maximum absolute atomic E-state index is 9.06. The van der Waals surface area contributed by atoms with Gasteiger partial charge in [-0.2, -0.15) is 0 Å². The fourth-order valence-electron chi connectivity index (χ4n) is 1.45. The Balaban J connectivity index is 2.04. The largest absolute Gasteiger partial charge is 0.368 e. The molecule has 0 amide bonds. The molecule has 0 radical (unpaired) electrons. The first-order valence-corrected chi connectivity index (χ1v) is 4.06. The second-order valence-corrected chi connectivity index (χ2v) is 3.49. The Hall–Kier alpha value is -0.870. The molecule has 4 heteroatoms. The van der Waals surface area contributed by atoms with Gasteiger partial charge in [0.25, 0.3) is 0 Å². The van der Waals surface area contributed by atoms with Gasteiger partial charge in [-0.3, -0.25) is 0 Å². The Morgan fingerprint density at radius 1 is 1.58 bits per heavy atom. The van der Waals surface area contributed by atoms with Crippen LogP contribution in [0.3, 0.4) is 0 Å². The van der Waals surface area contributed by atoms with Crippen LogP contribution >= 0.6 is 0 Å². The van der Waals surface area contributed by atoms with Gasteiger partial charge in [0, 0.05) is 17.3 Å². The van der Waals surface area contributed by atoms with Gasteiger partial charge < -0.3 is 15.2 Å². The van der Waals surface area contributed by atoms with Crippen LogP contribution in [0.15, 0.2) is 12.5 Å². The molecule has 66 valence electrons. The molecule has 0 saturated heterocycles. The minimum absolute atomic E-state index is 0.285. The molecule has 0 aliphatic heterocycles. The lowest BCUT2D eigenvalue weighted by atomic mass is 10.0. The van der Waals surface area contributed by atoms with Crippen LogP contribution in [0, 0.1) is 5.41 Å². The van der Waals surface area contributed by atoms with Crippen LogP contribution in [-0.2, 0) is 6.42 Å². The molecule has 0 spiro atoms. The number of nitrogens with zero attached hydrogens (tertiary/aromatic N) is 1. The second kappa shape index (κ2) is 2.57. The summed E-state index contributed by atoms with van der Waals surface area (Å²) in [5.41, 5.74) is 0.688. The second-order valence-electron chi connectivity index (χ2n) is 3.49. The molecule has 1 aromatic heterocycles. The molecular weight excluding hydrogens is 156 g/mol. The van der Waals surface area contributed by atoms with Gasteiger partial charge in [0.1, 0.15) is 0 Å². The van der Waals surface area contributed by atoms with E-state index in [0.717, 1.165) is 18.5 Å². The van der Waals surface area contributed by atoms with E-state index in [0.29, 0.717) is 6.42 Å². The van der Waals surface area contributed by atoms with E-state index in [1.165, 1.54) is 0 Å².